The van der Waals surface area contributed by atoms with E-state index in [2.05, 4.69) is 208 Å². The highest BCUT2D eigenvalue weighted by Crippen LogP contribution is 2.45. The van der Waals surface area contributed by atoms with E-state index in [-0.39, 0.29) is 43.3 Å². The number of rotatable bonds is 4. The highest BCUT2D eigenvalue weighted by Gasteiger charge is 2.34. The quantitative estimate of drug-likeness (QED) is 0.166. The van der Waals surface area contributed by atoms with Gasteiger partial charge in [-0.3, -0.25) is 9.59 Å². The molecule has 2 heterocycles. The molecule has 2 aromatic heterocycles. The number of hydrogen-bond donors (Lipinski definition) is 0. The summed E-state index contributed by atoms with van der Waals surface area (Å²) in [5, 5.41) is 2.55. The van der Waals surface area contributed by atoms with Gasteiger partial charge in [-0.15, -0.1) is 0 Å². The van der Waals surface area contributed by atoms with Crippen molar-refractivity contribution in [2.45, 2.75) is 184 Å². The maximum atomic E-state index is 15.5. The van der Waals surface area contributed by atoms with E-state index in [1.165, 1.54) is 33.4 Å². The largest absolute Gasteiger partial charge is 0.308 e. The lowest BCUT2D eigenvalue weighted by atomic mass is 9.74. The highest BCUT2D eigenvalue weighted by atomic mass is 16.1. The van der Waals surface area contributed by atoms with Crippen molar-refractivity contribution in [1.82, 2.24) is 9.13 Å². The van der Waals surface area contributed by atoms with Gasteiger partial charge >= 0.3 is 0 Å². The zero-order valence-electron chi connectivity index (χ0n) is 43.1. The van der Waals surface area contributed by atoms with E-state index in [1.807, 2.05) is 12.1 Å². The Hall–Kier alpha value is -4.96. The molecule has 0 N–H and O–H groups in total. The van der Waals surface area contributed by atoms with Crippen LogP contribution in [0.2, 0.25) is 0 Å². The van der Waals surface area contributed by atoms with Crippen LogP contribution in [0, 0.1) is 0 Å². The van der Waals surface area contributed by atoms with Gasteiger partial charge < -0.3 is 9.13 Å². The lowest BCUT2D eigenvalue weighted by Crippen LogP contribution is -2.26. The molecule has 4 nitrogen and oxygen atoms in total. The molecule has 0 aliphatic rings. The first-order valence-corrected chi connectivity index (χ1v) is 23.8. The van der Waals surface area contributed by atoms with Crippen LogP contribution in [0.15, 0.2) is 82.4 Å². The minimum Gasteiger partial charge on any atom is -0.308 e. The molecule has 0 radical (unpaired) electrons. The van der Waals surface area contributed by atoms with E-state index in [0.717, 1.165) is 57.4 Å². The summed E-state index contributed by atoms with van der Waals surface area (Å²) < 4.78 is 4.73. The number of aryl methyl sites for hydroxylation is 2. The van der Waals surface area contributed by atoms with Gasteiger partial charge in [-0.25, -0.2) is 0 Å². The Labute approximate surface area is 384 Å². The van der Waals surface area contributed by atoms with Crippen LogP contribution in [0.4, 0.5) is 0 Å². The van der Waals surface area contributed by atoms with Crippen LogP contribution in [-0.4, -0.2) is 9.13 Å². The molecule has 7 rings (SSSR count). The summed E-state index contributed by atoms with van der Waals surface area (Å²) in [6.45, 7) is 45.6. The van der Waals surface area contributed by atoms with Crippen LogP contribution in [0.3, 0.4) is 0 Å². The fourth-order valence-electron chi connectivity index (χ4n) is 9.59. The zero-order chi connectivity index (χ0) is 47.6. The van der Waals surface area contributed by atoms with E-state index in [4.69, 9.17) is 0 Å². The smallest absolute Gasteiger partial charge is 0.197 e. The molecule has 0 bridgehead atoms. The molecule has 0 amide bonds. The van der Waals surface area contributed by atoms with E-state index in [0.29, 0.717) is 21.5 Å². The fourth-order valence-corrected chi connectivity index (χ4v) is 9.59. The molecule has 64 heavy (non-hydrogen) atoms. The molecule has 5 aromatic carbocycles. The number of hydrogen-bond acceptors (Lipinski definition) is 2. The Balaban J connectivity index is 1.85. The van der Waals surface area contributed by atoms with Gasteiger partial charge in [-0.05, 0) is 126 Å². The lowest BCUT2D eigenvalue weighted by Gasteiger charge is -2.36. The molecule has 0 fully saturated rings. The van der Waals surface area contributed by atoms with Gasteiger partial charge in [0.25, 0.3) is 0 Å². The van der Waals surface area contributed by atoms with Gasteiger partial charge in [0.15, 0.2) is 10.9 Å². The number of benzene rings is 5. The Kier molecular flexibility index (Phi) is 11.3. The predicted octanol–water partition coefficient (Wildman–Crippen LogP) is 15.5. The summed E-state index contributed by atoms with van der Waals surface area (Å²) in [5.74, 6) is 0. The van der Waals surface area contributed by atoms with Crippen molar-refractivity contribution in [2.75, 3.05) is 0 Å². The molecule has 0 aliphatic carbocycles. The molecule has 0 spiro atoms. The Bertz CT molecular complexity index is 2860. The third kappa shape index (κ3) is 8.06. The van der Waals surface area contributed by atoms with Gasteiger partial charge in [-0.1, -0.05) is 175 Å². The second-order valence-corrected chi connectivity index (χ2v) is 25.0. The summed E-state index contributed by atoms with van der Waals surface area (Å²) in [4.78, 5) is 30.9. The first kappa shape index (κ1) is 47.0. The Morgan fingerprint density at radius 3 is 0.844 bits per heavy atom. The molecular weight excluding hydrogens is 781 g/mol. The van der Waals surface area contributed by atoms with Crippen molar-refractivity contribution in [3.63, 3.8) is 0 Å². The third-order valence-electron chi connectivity index (χ3n) is 13.6. The van der Waals surface area contributed by atoms with Gasteiger partial charge in [0.05, 0.1) is 33.4 Å². The van der Waals surface area contributed by atoms with Crippen molar-refractivity contribution in [3.8, 4) is 11.4 Å². The summed E-state index contributed by atoms with van der Waals surface area (Å²) in [5.41, 5.74) is 13.9. The molecule has 4 heteroatoms. The normalized spacial score (nSPS) is 13.6. The van der Waals surface area contributed by atoms with Gasteiger partial charge in [0.1, 0.15) is 0 Å². The monoisotopic (exact) mass is 857 g/mol. The van der Waals surface area contributed by atoms with Crippen LogP contribution >= 0.6 is 0 Å². The molecule has 0 unspecified atom stereocenters. The van der Waals surface area contributed by atoms with E-state index < -0.39 is 0 Å². The number of pyridine rings is 2. The summed E-state index contributed by atoms with van der Waals surface area (Å²) in [7, 11) is 0. The second kappa shape index (κ2) is 15.3. The third-order valence-corrected chi connectivity index (χ3v) is 13.6. The molecule has 0 atom stereocenters. The van der Waals surface area contributed by atoms with Gasteiger partial charge in [-0.2, -0.15) is 0 Å². The van der Waals surface area contributed by atoms with E-state index in [1.54, 1.807) is 0 Å². The van der Waals surface area contributed by atoms with Crippen molar-refractivity contribution >= 4 is 43.6 Å². The van der Waals surface area contributed by atoms with Crippen LogP contribution in [0.25, 0.3) is 55.0 Å². The standard InChI is InChI=1S/C60H76N2O2/c1-21-35-23-25-39-47(27-35)61(51-43(57(9,10)11)29-37(55(3,4)5)30-44(51)58(12,13)14)49-33-42-50(34-41(49)53(39)63)62(48-28-36(22-2)24-26-40(48)54(42)64)52-45(59(15,16)17)31-38(56(6,7)8)32-46(52)60(18,19)20/h23-34H,21-22H2,1-20H3. The maximum absolute atomic E-state index is 15.5. The minimum absolute atomic E-state index is 0.0247. The summed E-state index contributed by atoms with van der Waals surface area (Å²) in [6.07, 6.45) is 1.66. The molecule has 338 valence electrons. The molecule has 0 saturated heterocycles. The van der Waals surface area contributed by atoms with Crippen LogP contribution in [-0.2, 0) is 45.3 Å². The first-order valence-electron chi connectivity index (χ1n) is 23.8. The number of aromatic nitrogens is 2. The van der Waals surface area contributed by atoms with Gasteiger partial charge in [0.2, 0.25) is 0 Å². The number of fused-ring (bicyclic) bond motifs is 4. The van der Waals surface area contributed by atoms with Crippen LogP contribution in [0.1, 0.15) is 183 Å². The average Bonchev–Trinajstić information content (AvgIpc) is 3.17. The average molecular weight is 857 g/mol. The molecule has 7 aromatic rings. The summed E-state index contributed by atoms with van der Waals surface area (Å²) >= 11 is 0. The predicted molar refractivity (Wildman–Crippen MR) is 279 cm³/mol. The van der Waals surface area contributed by atoms with E-state index in [9.17, 15) is 0 Å². The second-order valence-electron chi connectivity index (χ2n) is 25.0. The van der Waals surface area contributed by atoms with Crippen molar-refractivity contribution in [1.29, 1.82) is 0 Å². The Morgan fingerprint density at radius 2 is 0.609 bits per heavy atom. The topological polar surface area (TPSA) is 44.0 Å². The molecule has 0 aliphatic heterocycles. The van der Waals surface area contributed by atoms with Gasteiger partial charge in [0, 0.05) is 21.5 Å². The summed E-state index contributed by atoms with van der Waals surface area (Å²) in [6, 6.07) is 26.5. The van der Waals surface area contributed by atoms with E-state index >= 15 is 9.59 Å². The molecule has 0 saturated carbocycles. The van der Waals surface area contributed by atoms with Crippen LogP contribution in [0.5, 0.6) is 0 Å². The van der Waals surface area contributed by atoms with Crippen molar-refractivity contribution in [2.24, 2.45) is 0 Å². The minimum atomic E-state index is -0.260. The van der Waals surface area contributed by atoms with Crippen molar-refractivity contribution in [3.05, 3.63) is 138 Å². The maximum Gasteiger partial charge on any atom is 0.197 e. The highest BCUT2D eigenvalue weighted by molar-refractivity contribution is 6.06. The lowest BCUT2D eigenvalue weighted by molar-refractivity contribution is 0.544. The van der Waals surface area contributed by atoms with Crippen LogP contribution < -0.4 is 10.9 Å². The zero-order valence-corrected chi connectivity index (χ0v) is 43.1. The molecular formula is C60H76N2O2. The fraction of sp³-hybridized carbons (Fsp3) is 0.467. The first-order chi connectivity index (χ1) is 29.3. The van der Waals surface area contributed by atoms with Crippen molar-refractivity contribution < 1.29 is 0 Å². The Morgan fingerprint density at radius 1 is 0.344 bits per heavy atom. The SMILES string of the molecule is CCc1ccc2c(=O)c3cc4c(cc3n(-c3c(C(C)(C)C)cc(C(C)(C)C)cc3C(C)(C)C)c2c1)c(=O)c1ccc(CC)cc1n4-c1c(C(C)(C)C)cc(C(C)(C)C)cc1C(C)(C)C. The number of nitrogens with zero attached hydrogens (tertiary/aromatic N) is 2.